The second-order valence-corrected chi connectivity index (χ2v) is 6.54. The number of ether oxygens (including phenoxy) is 1. The molecule has 1 unspecified atom stereocenters. The molecule has 1 rings (SSSR count). The summed E-state index contributed by atoms with van der Waals surface area (Å²) in [6.45, 7) is 13.4. The summed E-state index contributed by atoms with van der Waals surface area (Å²) in [7, 11) is 0. The van der Waals surface area contributed by atoms with E-state index in [0.717, 1.165) is 26.3 Å². The van der Waals surface area contributed by atoms with Gasteiger partial charge in [-0.2, -0.15) is 0 Å². The van der Waals surface area contributed by atoms with E-state index in [0.29, 0.717) is 10.8 Å². The van der Waals surface area contributed by atoms with Crippen LogP contribution in [0.15, 0.2) is 0 Å². The molecule has 0 bridgehead atoms. The summed E-state index contributed by atoms with van der Waals surface area (Å²) < 4.78 is 5.62. The van der Waals surface area contributed by atoms with Crippen LogP contribution in [0.2, 0.25) is 0 Å². The fourth-order valence-electron chi connectivity index (χ4n) is 2.24. The predicted octanol–water partition coefficient (Wildman–Crippen LogP) is 3.22. The van der Waals surface area contributed by atoms with Crippen LogP contribution < -0.4 is 5.32 Å². The minimum absolute atomic E-state index is 0.419. The standard InChI is InChI=1S/C14H29NO/c1-5-9-15-11-14(8-10-16-12-14)7-6-13(2,3)4/h15H,5-12H2,1-4H3. The molecule has 1 saturated heterocycles. The summed E-state index contributed by atoms with van der Waals surface area (Å²) in [5, 5.41) is 3.57. The molecule has 1 aliphatic rings. The van der Waals surface area contributed by atoms with Crippen molar-refractivity contribution in [3.63, 3.8) is 0 Å². The van der Waals surface area contributed by atoms with Gasteiger partial charge in [0.15, 0.2) is 0 Å². The molecule has 0 spiro atoms. The molecule has 1 atom stereocenters. The molecule has 2 heteroatoms. The van der Waals surface area contributed by atoms with Gasteiger partial charge in [-0.1, -0.05) is 27.7 Å². The fourth-order valence-corrected chi connectivity index (χ4v) is 2.24. The van der Waals surface area contributed by atoms with Gasteiger partial charge in [-0.15, -0.1) is 0 Å². The van der Waals surface area contributed by atoms with Gasteiger partial charge in [0.05, 0.1) is 6.61 Å². The Hall–Kier alpha value is -0.0800. The quantitative estimate of drug-likeness (QED) is 0.704. The van der Waals surface area contributed by atoms with Gasteiger partial charge < -0.3 is 10.1 Å². The Morgan fingerprint density at radius 2 is 2.06 bits per heavy atom. The molecule has 1 fully saturated rings. The van der Waals surface area contributed by atoms with Crippen LogP contribution in [0, 0.1) is 10.8 Å². The van der Waals surface area contributed by atoms with E-state index in [1.54, 1.807) is 0 Å². The summed E-state index contributed by atoms with van der Waals surface area (Å²) in [4.78, 5) is 0. The molecule has 1 heterocycles. The number of rotatable bonds is 6. The fraction of sp³-hybridized carbons (Fsp3) is 1.00. The summed E-state index contributed by atoms with van der Waals surface area (Å²) in [5.74, 6) is 0. The molecule has 1 N–H and O–H groups in total. The molecular formula is C14H29NO. The maximum absolute atomic E-state index is 5.62. The van der Waals surface area contributed by atoms with E-state index >= 15 is 0 Å². The van der Waals surface area contributed by atoms with E-state index in [2.05, 4.69) is 33.0 Å². The first-order valence-corrected chi connectivity index (χ1v) is 6.76. The van der Waals surface area contributed by atoms with Crippen LogP contribution in [0.4, 0.5) is 0 Å². The van der Waals surface area contributed by atoms with E-state index in [1.165, 1.54) is 25.7 Å². The zero-order valence-electron chi connectivity index (χ0n) is 11.6. The van der Waals surface area contributed by atoms with Crippen molar-refractivity contribution in [2.24, 2.45) is 10.8 Å². The maximum Gasteiger partial charge on any atom is 0.0535 e. The van der Waals surface area contributed by atoms with Crippen molar-refractivity contribution in [2.75, 3.05) is 26.3 Å². The van der Waals surface area contributed by atoms with Gasteiger partial charge in [-0.25, -0.2) is 0 Å². The molecule has 16 heavy (non-hydrogen) atoms. The topological polar surface area (TPSA) is 21.3 Å². The van der Waals surface area contributed by atoms with Gasteiger partial charge >= 0.3 is 0 Å². The Kier molecular flexibility index (Phi) is 5.26. The lowest BCUT2D eigenvalue weighted by Gasteiger charge is -2.31. The highest BCUT2D eigenvalue weighted by Gasteiger charge is 2.35. The molecule has 96 valence electrons. The Balaban J connectivity index is 2.39. The first kappa shape index (κ1) is 14.0. The van der Waals surface area contributed by atoms with Crippen LogP contribution in [0.25, 0.3) is 0 Å². The lowest BCUT2D eigenvalue weighted by atomic mass is 9.77. The average Bonchev–Trinajstić information content (AvgIpc) is 2.64. The third-order valence-corrected chi connectivity index (χ3v) is 3.52. The van der Waals surface area contributed by atoms with Gasteiger partial charge in [0.2, 0.25) is 0 Å². The Bertz CT molecular complexity index is 189. The molecule has 0 aromatic rings. The number of hydrogen-bond donors (Lipinski definition) is 1. The van der Waals surface area contributed by atoms with Gasteiger partial charge in [0.25, 0.3) is 0 Å². The highest BCUT2D eigenvalue weighted by Crippen LogP contribution is 2.36. The largest absolute Gasteiger partial charge is 0.381 e. The highest BCUT2D eigenvalue weighted by atomic mass is 16.5. The molecule has 0 amide bonds. The van der Waals surface area contributed by atoms with E-state index < -0.39 is 0 Å². The first-order valence-electron chi connectivity index (χ1n) is 6.76. The zero-order valence-corrected chi connectivity index (χ0v) is 11.6. The van der Waals surface area contributed by atoms with E-state index in [4.69, 9.17) is 4.74 Å². The SMILES string of the molecule is CCCNCC1(CCC(C)(C)C)CCOC1. The lowest BCUT2D eigenvalue weighted by molar-refractivity contribution is 0.133. The van der Waals surface area contributed by atoms with Crippen LogP contribution in [0.3, 0.4) is 0 Å². The van der Waals surface area contributed by atoms with Gasteiger partial charge in [-0.05, 0) is 37.6 Å². The molecule has 0 radical (unpaired) electrons. The van der Waals surface area contributed by atoms with E-state index in [-0.39, 0.29) is 0 Å². The molecular weight excluding hydrogens is 198 g/mol. The van der Waals surface area contributed by atoms with Crippen LogP contribution >= 0.6 is 0 Å². The second-order valence-electron chi connectivity index (χ2n) is 6.54. The number of nitrogens with one attached hydrogen (secondary N) is 1. The molecule has 0 aromatic carbocycles. The first-order chi connectivity index (χ1) is 7.47. The Morgan fingerprint density at radius 3 is 2.56 bits per heavy atom. The third kappa shape index (κ3) is 4.84. The molecule has 0 aromatic heterocycles. The van der Waals surface area contributed by atoms with Crippen molar-refractivity contribution in [1.29, 1.82) is 0 Å². The number of hydrogen-bond acceptors (Lipinski definition) is 2. The van der Waals surface area contributed by atoms with Crippen LogP contribution in [-0.4, -0.2) is 26.3 Å². The molecule has 0 saturated carbocycles. The second kappa shape index (κ2) is 6.02. The van der Waals surface area contributed by atoms with Crippen LogP contribution in [-0.2, 0) is 4.74 Å². The average molecular weight is 227 g/mol. The van der Waals surface area contributed by atoms with E-state index in [9.17, 15) is 0 Å². The minimum atomic E-state index is 0.419. The van der Waals surface area contributed by atoms with Crippen molar-refractivity contribution in [1.82, 2.24) is 5.32 Å². The molecule has 2 nitrogen and oxygen atoms in total. The van der Waals surface area contributed by atoms with E-state index in [1.807, 2.05) is 0 Å². The van der Waals surface area contributed by atoms with Crippen molar-refractivity contribution in [3.8, 4) is 0 Å². The van der Waals surface area contributed by atoms with Crippen molar-refractivity contribution >= 4 is 0 Å². The third-order valence-electron chi connectivity index (χ3n) is 3.52. The van der Waals surface area contributed by atoms with Crippen molar-refractivity contribution in [2.45, 2.75) is 53.4 Å². The molecule has 0 aliphatic carbocycles. The van der Waals surface area contributed by atoms with Crippen LogP contribution in [0.1, 0.15) is 53.4 Å². The van der Waals surface area contributed by atoms with Crippen molar-refractivity contribution in [3.05, 3.63) is 0 Å². The smallest absolute Gasteiger partial charge is 0.0535 e. The Labute approximate surface area is 101 Å². The Morgan fingerprint density at radius 1 is 1.31 bits per heavy atom. The van der Waals surface area contributed by atoms with Gasteiger partial charge in [-0.3, -0.25) is 0 Å². The minimum Gasteiger partial charge on any atom is -0.381 e. The zero-order chi connectivity index (χ0) is 12.1. The highest BCUT2D eigenvalue weighted by molar-refractivity contribution is 4.86. The van der Waals surface area contributed by atoms with Crippen LogP contribution in [0.5, 0.6) is 0 Å². The normalized spacial score (nSPS) is 26.2. The summed E-state index contributed by atoms with van der Waals surface area (Å²) in [6.07, 6.45) is 5.05. The summed E-state index contributed by atoms with van der Waals surface area (Å²) >= 11 is 0. The summed E-state index contributed by atoms with van der Waals surface area (Å²) in [6, 6.07) is 0. The lowest BCUT2D eigenvalue weighted by Crippen LogP contribution is -2.36. The monoisotopic (exact) mass is 227 g/mol. The van der Waals surface area contributed by atoms with Crippen molar-refractivity contribution < 1.29 is 4.74 Å². The maximum atomic E-state index is 5.62. The predicted molar refractivity (Wildman–Crippen MR) is 69.7 cm³/mol. The summed E-state index contributed by atoms with van der Waals surface area (Å²) in [5.41, 5.74) is 0.864. The molecule has 1 aliphatic heterocycles. The van der Waals surface area contributed by atoms with Gasteiger partial charge in [0, 0.05) is 18.6 Å². The van der Waals surface area contributed by atoms with Gasteiger partial charge in [0.1, 0.15) is 0 Å².